The van der Waals surface area contributed by atoms with Crippen molar-refractivity contribution in [3.63, 3.8) is 0 Å². The molecule has 0 radical (unpaired) electrons. The topological polar surface area (TPSA) is 138 Å². The summed E-state index contributed by atoms with van der Waals surface area (Å²) in [5, 5.41) is 5.16. The summed E-state index contributed by atoms with van der Waals surface area (Å²) in [6.45, 7) is 4.54. The second kappa shape index (κ2) is 20.4. The maximum absolute atomic E-state index is 13.1. The fourth-order valence-electron chi connectivity index (χ4n) is 8.00. The number of hydrogen-bond donors (Lipinski definition) is 2. The Labute approximate surface area is 355 Å². The van der Waals surface area contributed by atoms with Gasteiger partial charge in [0.1, 0.15) is 18.4 Å². The number of carbonyl (C=O) groups excluding carboxylic acids is 5. The second-order valence-electron chi connectivity index (χ2n) is 15.0. The van der Waals surface area contributed by atoms with Crippen molar-refractivity contribution in [1.82, 2.24) is 20.0 Å². The number of hydrogen-bond acceptors (Lipinski definition) is 8. The van der Waals surface area contributed by atoms with Crippen LogP contribution in [0.15, 0.2) is 103 Å². The molecule has 0 aliphatic carbocycles. The molecule has 4 aromatic carbocycles. The standard InChI is InChI=1S/C47H50ClN5O7/c48-23-20-37(33-8-3-1-4-9-33)45(34-10-5-2-6-11-34)35-14-16-36(17-15-35)60-31-28-51-24-26-52(27-25-51)44(56)22-30-59-29-21-43(55)49-40-13-7-12-38-39(40)32-53(47(38)58)41-18-19-42(54)50-46(41)57/h1-17,41H,18-32H2,(H,49,55)(H,50,54,57)/b45-37-. The van der Waals surface area contributed by atoms with Gasteiger partial charge in [0.05, 0.1) is 26.1 Å². The number of alkyl halides is 1. The third-order valence-corrected chi connectivity index (χ3v) is 11.4. The molecule has 2 saturated heterocycles. The molecule has 0 bridgehead atoms. The maximum atomic E-state index is 13.1. The minimum atomic E-state index is -0.735. The van der Waals surface area contributed by atoms with Crippen molar-refractivity contribution in [2.24, 2.45) is 0 Å². The number of anilines is 1. The predicted molar refractivity (Wildman–Crippen MR) is 230 cm³/mol. The van der Waals surface area contributed by atoms with Gasteiger partial charge in [-0.2, -0.15) is 0 Å². The average molecular weight is 832 g/mol. The van der Waals surface area contributed by atoms with Crippen LogP contribution in [0.25, 0.3) is 11.1 Å². The Morgan fingerprint density at radius 2 is 1.43 bits per heavy atom. The van der Waals surface area contributed by atoms with Crippen molar-refractivity contribution >= 4 is 58.0 Å². The molecule has 4 aromatic rings. The molecule has 13 heteroatoms. The SMILES string of the molecule is O=C1CCC(N2Cc3c(NC(=O)CCOCCC(=O)N4CCN(CCOc5ccc(/C(=C(/CCCl)c6ccccc6)c6ccccc6)cc5)CC4)cccc3C2=O)C(=O)N1. The number of amides is 5. The predicted octanol–water partition coefficient (Wildman–Crippen LogP) is 5.99. The van der Waals surface area contributed by atoms with Gasteiger partial charge in [0.15, 0.2) is 0 Å². The van der Waals surface area contributed by atoms with Gasteiger partial charge in [-0.25, -0.2) is 0 Å². The first-order valence-electron chi connectivity index (χ1n) is 20.6. The molecule has 3 aliphatic rings. The smallest absolute Gasteiger partial charge is 0.255 e. The molecule has 0 spiro atoms. The highest BCUT2D eigenvalue weighted by Crippen LogP contribution is 2.36. The lowest BCUT2D eigenvalue weighted by Gasteiger charge is -2.34. The second-order valence-corrected chi connectivity index (χ2v) is 15.4. The summed E-state index contributed by atoms with van der Waals surface area (Å²) in [6.07, 6.45) is 1.47. The van der Waals surface area contributed by atoms with E-state index in [1.165, 1.54) is 10.5 Å². The van der Waals surface area contributed by atoms with Crippen molar-refractivity contribution in [1.29, 1.82) is 0 Å². The molecule has 0 aromatic heterocycles. The lowest BCUT2D eigenvalue weighted by molar-refractivity contribution is -0.137. The molecule has 12 nitrogen and oxygen atoms in total. The molecule has 5 amide bonds. The van der Waals surface area contributed by atoms with Gasteiger partial charge < -0.3 is 24.6 Å². The van der Waals surface area contributed by atoms with Crippen LogP contribution in [0.4, 0.5) is 5.69 Å². The van der Waals surface area contributed by atoms with E-state index in [1.807, 2.05) is 29.2 Å². The molecule has 3 aliphatic heterocycles. The van der Waals surface area contributed by atoms with Gasteiger partial charge in [-0.05, 0) is 64.9 Å². The molecular formula is C47H50ClN5O7. The Morgan fingerprint density at radius 1 is 0.750 bits per heavy atom. The number of nitrogens with one attached hydrogen (secondary N) is 2. The van der Waals surface area contributed by atoms with Crippen LogP contribution >= 0.6 is 11.6 Å². The highest BCUT2D eigenvalue weighted by atomic mass is 35.5. The molecule has 2 fully saturated rings. The van der Waals surface area contributed by atoms with Crippen LogP contribution in [0.3, 0.4) is 0 Å². The van der Waals surface area contributed by atoms with Gasteiger partial charge in [0.2, 0.25) is 23.6 Å². The largest absolute Gasteiger partial charge is 0.492 e. The molecular weight excluding hydrogens is 782 g/mol. The Kier molecular flexibility index (Phi) is 14.4. The third-order valence-electron chi connectivity index (χ3n) is 11.2. The summed E-state index contributed by atoms with van der Waals surface area (Å²) in [5.41, 5.74) is 7.30. The fourth-order valence-corrected chi connectivity index (χ4v) is 8.19. The van der Waals surface area contributed by atoms with E-state index in [4.69, 9.17) is 21.1 Å². The summed E-state index contributed by atoms with van der Waals surface area (Å²) in [4.78, 5) is 68.4. The summed E-state index contributed by atoms with van der Waals surface area (Å²) in [6, 6.07) is 33.4. The Morgan fingerprint density at radius 3 is 2.13 bits per heavy atom. The number of allylic oxidation sites excluding steroid dienone is 1. The lowest BCUT2D eigenvalue weighted by Crippen LogP contribution is -2.52. The number of benzene rings is 4. The number of fused-ring (bicyclic) bond motifs is 1. The minimum Gasteiger partial charge on any atom is -0.492 e. The number of piperazine rings is 1. The van der Waals surface area contributed by atoms with Crippen LogP contribution < -0.4 is 15.4 Å². The van der Waals surface area contributed by atoms with Crippen LogP contribution in [-0.2, 0) is 30.5 Å². The highest BCUT2D eigenvalue weighted by molar-refractivity contribution is 6.18. The zero-order valence-electron chi connectivity index (χ0n) is 33.6. The number of nitrogens with zero attached hydrogens (tertiary/aromatic N) is 3. The van der Waals surface area contributed by atoms with Crippen molar-refractivity contribution in [2.45, 2.75) is 44.7 Å². The molecule has 7 rings (SSSR count). The van der Waals surface area contributed by atoms with E-state index in [9.17, 15) is 24.0 Å². The first kappa shape index (κ1) is 42.3. The van der Waals surface area contributed by atoms with Gasteiger partial charge in [-0.3, -0.25) is 34.2 Å². The fraction of sp³-hybridized carbons (Fsp3) is 0.340. The number of ether oxygens (including phenoxy) is 2. The number of imide groups is 1. The van der Waals surface area contributed by atoms with Crippen LogP contribution in [0.5, 0.6) is 5.75 Å². The zero-order chi connectivity index (χ0) is 41.8. The molecule has 0 saturated carbocycles. The normalized spacial score (nSPS) is 17.2. The molecule has 60 heavy (non-hydrogen) atoms. The van der Waals surface area contributed by atoms with Crippen LogP contribution in [0, 0.1) is 0 Å². The summed E-state index contributed by atoms with van der Waals surface area (Å²) in [7, 11) is 0. The van der Waals surface area contributed by atoms with Crippen molar-refractivity contribution < 1.29 is 33.4 Å². The van der Waals surface area contributed by atoms with Gasteiger partial charge in [-0.1, -0.05) is 78.9 Å². The molecule has 1 atom stereocenters. The average Bonchev–Trinajstić information content (AvgIpc) is 3.61. The van der Waals surface area contributed by atoms with E-state index in [0.29, 0.717) is 42.4 Å². The third kappa shape index (κ3) is 10.5. The first-order valence-corrected chi connectivity index (χ1v) is 21.1. The van der Waals surface area contributed by atoms with Crippen molar-refractivity contribution in [2.75, 3.05) is 63.7 Å². The summed E-state index contributed by atoms with van der Waals surface area (Å²) >= 11 is 6.32. The monoisotopic (exact) mass is 831 g/mol. The lowest BCUT2D eigenvalue weighted by atomic mass is 9.88. The molecule has 312 valence electrons. The van der Waals surface area contributed by atoms with E-state index < -0.39 is 11.9 Å². The Hall–Kier alpha value is -5.82. The molecule has 1 unspecified atom stereocenters. The van der Waals surface area contributed by atoms with Crippen LogP contribution in [-0.4, -0.2) is 109 Å². The number of carbonyl (C=O) groups is 5. The van der Waals surface area contributed by atoms with Gasteiger partial charge in [-0.15, -0.1) is 11.6 Å². The number of rotatable bonds is 17. The Balaban J connectivity index is 0.803. The molecule has 2 N–H and O–H groups in total. The van der Waals surface area contributed by atoms with Crippen LogP contribution in [0.2, 0.25) is 0 Å². The van der Waals surface area contributed by atoms with Gasteiger partial charge in [0, 0.05) is 68.4 Å². The summed E-state index contributed by atoms with van der Waals surface area (Å²) < 4.78 is 11.8. The zero-order valence-corrected chi connectivity index (χ0v) is 34.3. The van der Waals surface area contributed by atoms with E-state index in [0.717, 1.165) is 54.1 Å². The maximum Gasteiger partial charge on any atom is 0.255 e. The van der Waals surface area contributed by atoms with E-state index in [1.54, 1.807) is 18.2 Å². The van der Waals surface area contributed by atoms with Crippen LogP contribution in [0.1, 0.15) is 64.7 Å². The van der Waals surface area contributed by atoms with E-state index >= 15 is 0 Å². The van der Waals surface area contributed by atoms with Gasteiger partial charge >= 0.3 is 0 Å². The van der Waals surface area contributed by atoms with Crippen molar-refractivity contribution in [3.05, 3.63) is 131 Å². The van der Waals surface area contributed by atoms with E-state index in [2.05, 4.69) is 76.2 Å². The quantitative estimate of drug-likeness (QED) is 0.0573. The first-order chi connectivity index (χ1) is 29.3. The summed E-state index contributed by atoms with van der Waals surface area (Å²) in [5.74, 6) is -0.0909. The number of piperidine rings is 1. The number of halogens is 1. The van der Waals surface area contributed by atoms with E-state index in [-0.39, 0.29) is 69.1 Å². The minimum absolute atomic E-state index is 0.0194. The molecule has 3 heterocycles. The van der Waals surface area contributed by atoms with Crippen molar-refractivity contribution in [3.8, 4) is 5.75 Å². The Bertz CT molecular complexity index is 2190. The highest BCUT2D eigenvalue weighted by Gasteiger charge is 2.40. The van der Waals surface area contributed by atoms with Gasteiger partial charge in [0.25, 0.3) is 5.91 Å².